The van der Waals surface area contributed by atoms with Crippen LogP contribution in [0.25, 0.3) is 0 Å². The van der Waals surface area contributed by atoms with E-state index in [0.29, 0.717) is 18.9 Å². The van der Waals surface area contributed by atoms with Gasteiger partial charge in [-0.05, 0) is 56.3 Å². The summed E-state index contributed by atoms with van der Waals surface area (Å²) in [7, 11) is 0. The van der Waals surface area contributed by atoms with Crippen molar-refractivity contribution in [2.75, 3.05) is 19.7 Å². The maximum Gasteiger partial charge on any atom is 0.306 e. The van der Waals surface area contributed by atoms with E-state index < -0.39 is 0 Å². The fraction of sp³-hybridized carbons (Fsp3) is 0.562. The predicted octanol–water partition coefficient (Wildman–Crippen LogP) is 3.07. The van der Waals surface area contributed by atoms with Gasteiger partial charge >= 0.3 is 5.97 Å². The summed E-state index contributed by atoms with van der Waals surface area (Å²) in [6, 6.07) is 8.53. The fourth-order valence-corrected chi connectivity index (χ4v) is 2.76. The molecule has 1 N–H and O–H groups in total. The number of rotatable bonds is 5. The normalized spacial score (nSPS) is 15.4. The molecule has 1 fully saturated rings. The lowest BCUT2D eigenvalue weighted by atomic mass is 9.86. The number of aryl methyl sites for hydroxylation is 1. The standard InChI is InChI=1S/C16H23NO2.ClH/c1-2-19-16(18)8-7-13-5-3-4-6-15(13)14-9-11-17-12-10-14;/h3-6,14,17H,2,7-12H2,1H3;1H. The Balaban J connectivity index is 0.00000200. The quantitative estimate of drug-likeness (QED) is 0.849. The Bertz CT molecular complexity index is 417. The summed E-state index contributed by atoms with van der Waals surface area (Å²) in [6.07, 6.45) is 3.65. The summed E-state index contributed by atoms with van der Waals surface area (Å²) in [6.45, 7) is 4.50. The van der Waals surface area contributed by atoms with E-state index in [1.165, 1.54) is 24.0 Å². The Labute approximate surface area is 127 Å². The van der Waals surface area contributed by atoms with Crippen LogP contribution in [-0.2, 0) is 16.0 Å². The van der Waals surface area contributed by atoms with E-state index in [-0.39, 0.29) is 18.4 Å². The first-order valence-corrected chi connectivity index (χ1v) is 7.25. The molecular formula is C16H24ClNO2. The monoisotopic (exact) mass is 297 g/mol. The summed E-state index contributed by atoms with van der Waals surface area (Å²) in [4.78, 5) is 11.5. The van der Waals surface area contributed by atoms with Crippen LogP contribution in [0, 0.1) is 0 Å². The number of ether oxygens (including phenoxy) is 1. The van der Waals surface area contributed by atoms with Gasteiger partial charge in [-0.25, -0.2) is 0 Å². The van der Waals surface area contributed by atoms with E-state index in [1.54, 1.807) is 0 Å². The van der Waals surface area contributed by atoms with E-state index in [4.69, 9.17) is 4.74 Å². The molecule has 0 bridgehead atoms. The van der Waals surface area contributed by atoms with Crippen LogP contribution in [0.15, 0.2) is 24.3 Å². The van der Waals surface area contributed by atoms with Gasteiger partial charge in [0.05, 0.1) is 6.61 Å². The molecule has 0 spiro atoms. The van der Waals surface area contributed by atoms with Crippen molar-refractivity contribution >= 4 is 18.4 Å². The number of hydrogen-bond acceptors (Lipinski definition) is 3. The summed E-state index contributed by atoms with van der Waals surface area (Å²) < 4.78 is 5.00. The van der Waals surface area contributed by atoms with E-state index in [9.17, 15) is 4.79 Å². The SMILES string of the molecule is CCOC(=O)CCc1ccccc1C1CCNCC1.Cl. The van der Waals surface area contributed by atoms with Crippen molar-refractivity contribution in [3.8, 4) is 0 Å². The maximum absolute atomic E-state index is 11.5. The van der Waals surface area contributed by atoms with Crippen molar-refractivity contribution in [2.24, 2.45) is 0 Å². The average Bonchev–Trinajstić information content (AvgIpc) is 2.47. The molecule has 0 unspecified atom stereocenters. The highest BCUT2D eigenvalue weighted by molar-refractivity contribution is 5.85. The van der Waals surface area contributed by atoms with Gasteiger partial charge in [-0.2, -0.15) is 0 Å². The molecule has 1 saturated heterocycles. The van der Waals surface area contributed by atoms with Gasteiger partial charge in [0, 0.05) is 6.42 Å². The first-order chi connectivity index (χ1) is 9.31. The van der Waals surface area contributed by atoms with Crippen LogP contribution >= 0.6 is 12.4 Å². The van der Waals surface area contributed by atoms with Crippen molar-refractivity contribution in [2.45, 2.75) is 38.5 Å². The van der Waals surface area contributed by atoms with Gasteiger partial charge in [0.2, 0.25) is 0 Å². The topological polar surface area (TPSA) is 38.3 Å². The molecular weight excluding hydrogens is 274 g/mol. The fourth-order valence-electron chi connectivity index (χ4n) is 2.76. The second kappa shape index (κ2) is 8.98. The number of carbonyl (C=O) groups is 1. The highest BCUT2D eigenvalue weighted by Gasteiger charge is 2.18. The Hall–Kier alpha value is -1.06. The molecule has 1 aromatic rings. The highest BCUT2D eigenvalue weighted by Crippen LogP contribution is 2.28. The minimum Gasteiger partial charge on any atom is -0.466 e. The van der Waals surface area contributed by atoms with Crippen LogP contribution in [0.3, 0.4) is 0 Å². The molecule has 0 aliphatic carbocycles. The van der Waals surface area contributed by atoms with Crippen LogP contribution < -0.4 is 5.32 Å². The lowest BCUT2D eigenvalue weighted by molar-refractivity contribution is -0.143. The average molecular weight is 298 g/mol. The Morgan fingerprint density at radius 1 is 1.30 bits per heavy atom. The van der Waals surface area contributed by atoms with Crippen LogP contribution in [-0.4, -0.2) is 25.7 Å². The third-order valence-electron chi connectivity index (χ3n) is 3.74. The number of hydrogen-bond donors (Lipinski definition) is 1. The first-order valence-electron chi connectivity index (χ1n) is 7.25. The molecule has 4 heteroatoms. The second-order valence-corrected chi connectivity index (χ2v) is 5.03. The Kier molecular flexibility index (Phi) is 7.63. The molecule has 1 heterocycles. The third-order valence-corrected chi connectivity index (χ3v) is 3.74. The van der Waals surface area contributed by atoms with Gasteiger partial charge in [-0.3, -0.25) is 4.79 Å². The minimum absolute atomic E-state index is 0. The van der Waals surface area contributed by atoms with Crippen molar-refractivity contribution in [1.82, 2.24) is 5.32 Å². The molecule has 3 nitrogen and oxygen atoms in total. The van der Waals surface area contributed by atoms with E-state index in [2.05, 4.69) is 29.6 Å². The number of nitrogens with one attached hydrogen (secondary N) is 1. The molecule has 0 aromatic heterocycles. The number of halogens is 1. The van der Waals surface area contributed by atoms with Gasteiger partial charge in [0.15, 0.2) is 0 Å². The van der Waals surface area contributed by atoms with Crippen LogP contribution in [0.2, 0.25) is 0 Å². The van der Waals surface area contributed by atoms with Crippen molar-refractivity contribution in [1.29, 1.82) is 0 Å². The first kappa shape index (κ1) is 17.0. The minimum atomic E-state index is -0.0948. The van der Waals surface area contributed by atoms with Crippen molar-refractivity contribution in [3.63, 3.8) is 0 Å². The van der Waals surface area contributed by atoms with Crippen LogP contribution in [0.4, 0.5) is 0 Å². The molecule has 1 aliphatic heterocycles. The Morgan fingerprint density at radius 2 is 2.00 bits per heavy atom. The molecule has 1 aliphatic rings. The summed E-state index contributed by atoms with van der Waals surface area (Å²) >= 11 is 0. The lowest BCUT2D eigenvalue weighted by Gasteiger charge is -2.25. The summed E-state index contributed by atoms with van der Waals surface area (Å²) in [5.41, 5.74) is 2.73. The van der Waals surface area contributed by atoms with Gasteiger partial charge in [0.1, 0.15) is 0 Å². The molecule has 0 saturated carbocycles. The van der Waals surface area contributed by atoms with Gasteiger partial charge < -0.3 is 10.1 Å². The maximum atomic E-state index is 11.5. The van der Waals surface area contributed by atoms with Gasteiger partial charge in [-0.15, -0.1) is 12.4 Å². The van der Waals surface area contributed by atoms with Crippen LogP contribution in [0.1, 0.15) is 43.2 Å². The molecule has 0 amide bonds. The van der Waals surface area contributed by atoms with E-state index in [0.717, 1.165) is 19.5 Å². The summed E-state index contributed by atoms with van der Waals surface area (Å²) in [5, 5.41) is 3.40. The highest BCUT2D eigenvalue weighted by atomic mass is 35.5. The number of piperidine rings is 1. The second-order valence-electron chi connectivity index (χ2n) is 5.03. The molecule has 1 aromatic carbocycles. The smallest absolute Gasteiger partial charge is 0.306 e. The largest absolute Gasteiger partial charge is 0.466 e. The zero-order valence-corrected chi connectivity index (χ0v) is 12.9. The summed E-state index contributed by atoms with van der Waals surface area (Å²) in [5.74, 6) is 0.544. The Morgan fingerprint density at radius 3 is 2.70 bits per heavy atom. The number of esters is 1. The zero-order valence-electron chi connectivity index (χ0n) is 12.1. The number of carbonyl (C=O) groups excluding carboxylic acids is 1. The zero-order chi connectivity index (χ0) is 13.5. The molecule has 112 valence electrons. The molecule has 2 rings (SSSR count). The van der Waals surface area contributed by atoms with Gasteiger partial charge in [-0.1, -0.05) is 24.3 Å². The van der Waals surface area contributed by atoms with Crippen molar-refractivity contribution < 1.29 is 9.53 Å². The lowest BCUT2D eigenvalue weighted by Crippen LogP contribution is -2.27. The van der Waals surface area contributed by atoms with Gasteiger partial charge in [0.25, 0.3) is 0 Å². The van der Waals surface area contributed by atoms with E-state index in [1.807, 2.05) is 6.92 Å². The predicted molar refractivity (Wildman–Crippen MR) is 83.5 cm³/mol. The number of benzene rings is 1. The van der Waals surface area contributed by atoms with Crippen LogP contribution in [0.5, 0.6) is 0 Å². The molecule has 20 heavy (non-hydrogen) atoms. The third kappa shape index (κ3) is 4.80. The van der Waals surface area contributed by atoms with Crippen molar-refractivity contribution in [3.05, 3.63) is 35.4 Å². The molecule has 0 atom stereocenters. The molecule has 0 radical (unpaired) electrons. The van der Waals surface area contributed by atoms with E-state index >= 15 is 0 Å².